The van der Waals surface area contributed by atoms with Gasteiger partial charge in [0.1, 0.15) is 17.5 Å². The minimum Gasteiger partial charge on any atom is -0.493 e. The Morgan fingerprint density at radius 2 is 1.87 bits per heavy atom. The average molecular weight is 314 g/mol. The van der Waals surface area contributed by atoms with E-state index in [2.05, 4.69) is 11.2 Å². The summed E-state index contributed by atoms with van der Waals surface area (Å²) < 4.78 is 12.2. The van der Waals surface area contributed by atoms with Crippen molar-refractivity contribution in [3.63, 3.8) is 0 Å². The number of nitriles is 1. The molecular weight excluding hydrogens is 292 g/mol. The first-order chi connectivity index (χ1) is 10.8. The van der Waals surface area contributed by atoms with Crippen LogP contribution in [0.3, 0.4) is 0 Å². The van der Waals surface area contributed by atoms with Crippen molar-refractivity contribution in [3.8, 4) is 17.6 Å². The third-order valence-electron chi connectivity index (χ3n) is 3.56. The minimum absolute atomic E-state index is 0.286. The molecule has 1 aromatic carbocycles. The van der Waals surface area contributed by atoms with Crippen molar-refractivity contribution in [1.82, 2.24) is 9.78 Å². The largest absolute Gasteiger partial charge is 0.493 e. The summed E-state index contributed by atoms with van der Waals surface area (Å²) in [5, 5.41) is 14.0. The van der Waals surface area contributed by atoms with Crippen LogP contribution in [-0.2, 0) is 12.0 Å². The highest BCUT2D eigenvalue weighted by Crippen LogP contribution is 2.30. The number of anilines is 1. The quantitative estimate of drug-likeness (QED) is 0.937. The highest BCUT2D eigenvalue weighted by atomic mass is 16.5. The molecule has 1 heterocycles. The minimum atomic E-state index is -0.286. The number of rotatable bonds is 4. The molecular formula is C17H22N4O2. The summed E-state index contributed by atoms with van der Waals surface area (Å²) in [4.78, 5) is 0. The summed E-state index contributed by atoms with van der Waals surface area (Å²) in [6, 6.07) is 7.81. The Bertz CT molecular complexity index is 751. The fraction of sp³-hybridized carbons (Fsp3) is 0.412. The normalized spacial score (nSPS) is 11.1. The number of methoxy groups -OCH3 is 2. The lowest BCUT2D eigenvalue weighted by atomic mass is 10.1. The van der Waals surface area contributed by atoms with Gasteiger partial charge in [0, 0.05) is 6.42 Å². The molecule has 0 saturated carbocycles. The van der Waals surface area contributed by atoms with E-state index in [-0.39, 0.29) is 5.54 Å². The van der Waals surface area contributed by atoms with Crippen LogP contribution >= 0.6 is 0 Å². The first kappa shape index (κ1) is 16.7. The molecule has 0 aliphatic heterocycles. The lowest BCUT2D eigenvalue weighted by Gasteiger charge is -2.20. The van der Waals surface area contributed by atoms with Crippen molar-refractivity contribution >= 4 is 5.82 Å². The van der Waals surface area contributed by atoms with Crippen LogP contribution in [0, 0.1) is 11.3 Å². The average Bonchev–Trinajstić information content (AvgIpc) is 2.82. The molecule has 6 nitrogen and oxygen atoms in total. The van der Waals surface area contributed by atoms with Gasteiger partial charge in [0.25, 0.3) is 0 Å². The van der Waals surface area contributed by atoms with Crippen molar-refractivity contribution in [2.75, 3.05) is 20.0 Å². The van der Waals surface area contributed by atoms with Gasteiger partial charge in [-0.1, -0.05) is 6.07 Å². The van der Waals surface area contributed by atoms with Gasteiger partial charge in [-0.05, 0) is 38.5 Å². The topological polar surface area (TPSA) is 86.1 Å². The molecule has 1 aromatic heterocycles. The Kier molecular flexibility index (Phi) is 4.50. The van der Waals surface area contributed by atoms with Gasteiger partial charge in [-0.15, -0.1) is 0 Å². The molecule has 0 aliphatic rings. The Balaban J connectivity index is 2.43. The molecule has 0 saturated heterocycles. The van der Waals surface area contributed by atoms with Crippen molar-refractivity contribution in [3.05, 3.63) is 35.0 Å². The zero-order chi connectivity index (χ0) is 17.2. The fourth-order valence-corrected chi connectivity index (χ4v) is 2.42. The second-order valence-corrected chi connectivity index (χ2v) is 6.27. The Hall–Kier alpha value is -2.68. The predicted octanol–water partition coefficient (Wildman–Crippen LogP) is 2.70. The number of hydrogen-bond acceptors (Lipinski definition) is 5. The highest BCUT2D eigenvalue weighted by molar-refractivity contribution is 5.54. The van der Waals surface area contributed by atoms with Gasteiger partial charge < -0.3 is 15.2 Å². The third-order valence-corrected chi connectivity index (χ3v) is 3.56. The third kappa shape index (κ3) is 3.24. The molecule has 6 heteroatoms. The van der Waals surface area contributed by atoms with Crippen LogP contribution in [-0.4, -0.2) is 24.0 Å². The molecule has 23 heavy (non-hydrogen) atoms. The molecule has 0 aliphatic carbocycles. The summed E-state index contributed by atoms with van der Waals surface area (Å²) >= 11 is 0. The SMILES string of the molecule is COc1ccc(Cc2nn(C(C)(C)C)c(N)c2C#N)cc1OC. The molecule has 0 atom stereocenters. The van der Waals surface area contributed by atoms with Gasteiger partial charge in [0.05, 0.1) is 25.5 Å². The summed E-state index contributed by atoms with van der Waals surface area (Å²) in [7, 11) is 3.19. The molecule has 122 valence electrons. The number of ether oxygens (including phenoxy) is 2. The lowest BCUT2D eigenvalue weighted by molar-refractivity contribution is 0.354. The Labute approximate surface area is 136 Å². The van der Waals surface area contributed by atoms with Gasteiger partial charge in [0.2, 0.25) is 0 Å². The smallest absolute Gasteiger partial charge is 0.160 e. The van der Waals surface area contributed by atoms with Gasteiger partial charge in [-0.2, -0.15) is 10.4 Å². The first-order valence-corrected chi connectivity index (χ1v) is 7.30. The maximum atomic E-state index is 9.41. The van der Waals surface area contributed by atoms with Crippen molar-refractivity contribution < 1.29 is 9.47 Å². The van der Waals surface area contributed by atoms with Gasteiger partial charge in [-0.25, -0.2) is 4.68 Å². The summed E-state index contributed by atoms with van der Waals surface area (Å²) in [5.41, 5.74) is 7.86. The molecule has 0 amide bonds. The van der Waals surface area contributed by atoms with E-state index < -0.39 is 0 Å². The summed E-state index contributed by atoms with van der Waals surface area (Å²) in [6.45, 7) is 5.99. The molecule has 2 aromatic rings. The van der Waals surface area contributed by atoms with Gasteiger partial charge in [-0.3, -0.25) is 0 Å². The molecule has 0 radical (unpaired) electrons. The van der Waals surface area contributed by atoms with Crippen LogP contribution in [0.4, 0.5) is 5.82 Å². The van der Waals surface area contributed by atoms with E-state index in [9.17, 15) is 5.26 Å². The van der Waals surface area contributed by atoms with Crippen LogP contribution < -0.4 is 15.2 Å². The van der Waals surface area contributed by atoms with Crippen molar-refractivity contribution in [2.24, 2.45) is 0 Å². The van der Waals surface area contributed by atoms with Crippen LogP contribution in [0.5, 0.6) is 11.5 Å². The predicted molar refractivity (Wildman–Crippen MR) is 88.7 cm³/mol. The Morgan fingerprint density at radius 3 is 2.39 bits per heavy atom. The van der Waals surface area contributed by atoms with E-state index in [1.54, 1.807) is 18.9 Å². The monoisotopic (exact) mass is 314 g/mol. The van der Waals surface area contributed by atoms with E-state index >= 15 is 0 Å². The molecule has 0 bridgehead atoms. The maximum Gasteiger partial charge on any atom is 0.160 e. The zero-order valence-corrected chi connectivity index (χ0v) is 14.2. The second-order valence-electron chi connectivity index (χ2n) is 6.27. The van der Waals surface area contributed by atoms with E-state index in [0.717, 1.165) is 5.56 Å². The van der Waals surface area contributed by atoms with Crippen molar-refractivity contribution in [2.45, 2.75) is 32.7 Å². The van der Waals surface area contributed by atoms with Gasteiger partial charge in [0.15, 0.2) is 11.5 Å². The van der Waals surface area contributed by atoms with E-state index in [1.807, 2.05) is 39.0 Å². The number of aromatic nitrogens is 2. The standard InChI is InChI=1S/C17H22N4O2/c1-17(2,3)21-16(19)12(10-18)13(20-21)8-11-6-7-14(22-4)15(9-11)23-5/h6-7,9H,8,19H2,1-5H3. The highest BCUT2D eigenvalue weighted by Gasteiger charge is 2.23. The van der Waals surface area contributed by atoms with Crippen LogP contribution in [0.15, 0.2) is 18.2 Å². The number of nitrogen functional groups attached to an aromatic ring is 1. The second kappa shape index (κ2) is 6.21. The van der Waals surface area contributed by atoms with E-state index in [1.165, 1.54) is 0 Å². The van der Waals surface area contributed by atoms with Crippen LogP contribution in [0.1, 0.15) is 37.6 Å². The first-order valence-electron chi connectivity index (χ1n) is 7.30. The molecule has 2 N–H and O–H groups in total. The van der Waals surface area contributed by atoms with Crippen LogP contribution in [0.25, 0.3) is 0 Å². The lowest BCUT2D eigenvalue weighted by Crippen LogP contribution is -2.25. The number of nitrogens with two attached hydrogens (primary N) is 1. The fourth-order valence-electron chi connectivity index (χ4n) is 2.42. The van der Waals surface area contributed by atoms with Crippen molar-refractivity contribution in [1.29, 1.82) is 5.26 Å². The van der Waals surface area contributed by atoms with E-state index in [0.29, 0.717) is 35.0 Å². The molecule has 0 fully saturated rings. The van der Waals surface area contributed by atoms with Crippen LogP contribution in [0.2, 0.25) is 0 Å². The van der Waals surface area contributed by atoms with Gasteiger partial charge >= 0.3 is 0 Å². The number of benzene rings is 1. The number of hydrogen-bond donors (Lipinski definition) is 1. The Morgan fingerprint density at radius 1 is 1.22 bits per heavy atom. The van der Waals surface area contributed by atoms with E-state index in [4.69, 9.17) is 15.2 Å². The maximum absolute atomic E-state index is 9.41. The molecule has 2 rings (SSSR count). The summed E-state index contributed by atoms with van der Waals surface area (Å²) in [6.07, 6.45) is 0.497. The summed E-state index contributed by atoms with van der Waals surface area (Å²) in [5.74, 6) is 1.71. The zero-order valence-electron chi connectivity index (χ0n) is 14.2. The molecule has 0 spiro atoms. The number of nitrogens with zero attached hydrogens (tertiary/aromatic N) is 3. The molecule has 0 unspecified atom stereocenters.